The molecule has 13 aromatic rings. The highest BCUT2D eigenvalue weighted by molar-refractivity contribution is 6.27. The minimum Gasteiger partial charge on any atom is -0.455 e. The van der Waals surface area contributed by atoms with Gasteiger partial charge in [0.25, 0.3) is 0 Å². The first kappa shape index (κ1) is 39.3. The van der Waals surface area contributed by atoms with Gasteiger partial charge in [0, 0.05) is 50.0 Å². The van der Waals surface area contributed by atoms with E-state index in [4.69, 9.17) is 14.4 Å². The van der Waals surface area contributed by atoms with Crippen LogP contribution in [0.15, 0.2) is 239 Å². The van der Waals surface area contributed by atoms with Gasteiger partial charge in [0.2, 0.25) is 0 Å². The van der Waals surface area contributed by atoms with Crippen molar-refractivity contribution in [1.29, 1.82) is 0 Å². The van der Waals surface area contributed by atoms with Crippen LogP contribution in [-0.4, -0.2) is 16.1 Å². The summed E-state index contributed by atoms with van der Waals surface area (Å²) in [6.45, 7) is 2.31. The molecule has 0 radical (unpaired) electrons. The highest BCUT2D eigenvalue weighted by atomic mass is 16.3. The number of fused-ring (bicyclic) bond motifs is 11. The fraction of sp³-hybridized carbons (Fsp3) is 0.0462. The molecule has 0 aliphatic carbocycles. The second-order valence-electron chi connectivity index (χ2n) is 18.5. The lowest BCUT2D eigenvalue weighted by atomic mass is 9.90. The molecule has 69 heavy (non-hydrogen) atoms. The van der Waals surface area contributed by atoms with Gasteiger partial charge in [0.15, 0.2) is 5.84 Å². The van der Waals surface area contributed by atoms with Crippen LogP contribution in [0.2, 0.25) is 0 Å². The molecule has 4 nitrogen and oxygen atoms in total. The van der Waals surface area contributed by atoms with E-state index in [9.17, 15) is 0 Å². The number of nitrogens with zero attached hydrogens (tertiary/aromatic N) is 3. The van der Waals surface area contributed by atoms with Crippen LogP contribution in [0.5, 0.6) is 0 Å². The van der Waals surface area contributed by atoms with Crippen molar-refractivity contribution in [2.75, 3.05) is 0 Å². The topological polar surface area (TPSA) is 42.8 Å². The maximum Gasteiger partial charge on any atom is 0.160 e. The van der Waals surface area contributed by atoms with Crippen molar-refractivity contribution in [2.24, 2.45) is 15.9 Å². The van der Waals surface area contributed by atoms with Crippen LogP contribution in [-0.2, 0) is 0 Å². The molecule has 4 heteroatoms. The summed E-state index contributed by atoms with van der Waals surface area (Å²) >= 11 is 0. The van der Waals surface area contributed by atoms with E-state index in [2.05, 4.69) is 236 Å². The van der Waals surface area contributed by atoms with E-state index in [0.717, 1.165) is 94.7 Å². The molecule has 324 valence electrons. The van der Waals surface area contributed by atoms with Gasteiger partial charge in [0.1, 0.15) is 11.2 Å². The summed E-state index contributed by atoms with van der Waals surface area (Å²) < 4.78 is 9.61. The van der Waals surface area contributed by atoms with Crippen molar-refractivity contribution < 1.29 is 4.42 Å². The summed E-state index contributed by atoms with van der Waals surface area (Å²) in [6.07, 6.45) is 3.05. The molecule has 14 rings (SSSR count). The third kappa shape index (κ3) is 6.44. The number of rotatable bonds is 5. The molecule has 2 aromatic heterocycles. The Balaban J connectivity index is 1.06. The van der Waals surface area contributed by atoms with E-state index in [-0.39, 0.29) is 5.92 Å². The van der Waals surface area contributed by atoms with Gasteiger partial charge in [0.05, 0.1) is 28.1 Å². The maximum atomic E-state index is 7.17. The zero-order valence-electron chi connectivity index (χ0n) is 37.9. The van der Waals surface area contributed by atoms with Crippen LogP contribution in [0.1, 0.15) is 30.0 Å². The molecular weight excluding hydrogens is 839 g/mol. The molecule has 0 spiro atoms. The van der Waals surface area contributed by atoms with Gasteiger partial charge in [-0.1, -0.05) is 189 Å². The van der Waals surface area contributed by atoms with Crippen molar-refractivity contribution in [2.45, 2.75) is 13.3 Å². The largest absolute Gasteiger partial charge is 0.455 e. The maximum absolute atomic E-state index is 7.17. The monoisotopic (exact) mass is 881 g/mol. The number of amidine groups is 1. The zero-order chi connectivity index (χ0) is 45.6. The van der Waals surface area contributed by atoms with Crippen LogP contribution >= 0.6 is 0 Å². The minimum absolute atomic E-state index is 0.000961. The van der Waals surface area contributed by atoms with E-state index < -0.39 is 0 Å². The molecule has 0 bridgehead atoms. The Morgan fingerprint density at radius 2 is 1.00 bits per heavy atom. The molecule has 0 N–H and O–H groups in total. The predicted molar refractivity (Wildman–Crippen MR) is 291 cm³/mol. The van der Waals surface area contributed by atoms with Crippen LogP contribution < -0.4 is 0 Å². The first-order chi connectivity index (χ1) is 34.1. The Labute approximate surface area is 398 Å². The third-order valence-corrected chi connectivity index (χ3v) is 14.4. The predicted octanol–water partition coefficient (Wildman–Crippen LogP) is 17.3. The first-order valence-corrected chi connectivity index (χ1v) is 23.9. The van der Waals surface area contributed by atoms with E-state index >= 15 is 0 Å². The van der Waals surface area contributed by atoms with E-state index in [0.29, 0.717) is 5.84 Å². The Morgan fingerprint density at radius 1 is 0.435 bits per heavy atom. The van der Waals surface area contributed by atoms with E-state index in [1.165, 1.54) is 43.4 Å². The van der Waals surface area contributed by atoms with Gasteiger partial charge in [-0.3, -0.25) is 0 Å². The minimum atomic E-state index is -0.000961. The van der Waals surface area contributed by atoms with Crippen LogP contribution in [0.3, 0.4) is 0 Å². The fourth-order valence-electron chi connectivity index (χ4n) is 10.9. The van der Waals surface area contributed by atoms with Crippen LogP contribution in [0.4, 0.5) is 0 Å². The van der Waals surface area contributed by atoms with Crippen molar-refractivity contribution in [3.8, 4) is 16.8 Å². The van der Waals surface area contributed by atoms with Crippen molar-refractivity contribution in [3.05, 3.63) is 241 Å². The van der Waals surface area contributed by atoms with Gasteiger partial charge in [-0.2, -0.15) is 0 Å². The zero-order valence-corrected chi connectivity index (χ0v) is 37.9. The number of furan rings is 1. The highest BCUT2D eigenvalue weighted by Gasteiger charge is 2.26. The molecule has 11 aromatic carbocycles. The second kappa shape index (κ2) is 15.6. The standard InChI is InChI=1S/C65H43N3O/c1-40-26-33-58(45-29-27-42(28-30-45)41-14-3-2-4-15-41)66-65(53-25-13-22-43-16-9-11-23-51(43)53)67-63(40)57-38-50(39-61-62(57)54-32-31-44-17-10-12-24-52(44)64(54)69-61)68-59-36-48-20-7-5-18-46(48)34-55(59)56-35-47-19-6-8-21-49(47)37-60(56)68/h2-25,27-40H,26H2,1H3/b58-33+,66-65?,67-63?. The number of benzene rings is 11. The molecule has 1 unspecified atom stereocenters. The normalized spacial score (nSPS) is 15.3. The lowest BCUT2D eigenvalue weighted by molar-refractivity contribution is 0.672. The average molecular weight is 882 g/mol. The van der Waals surface area contributed by atoms with Crippen molar-refractivity contribution >= 4 is 104 Å². The van der Waals surface area contributed by atoms with Gasteiger partial charge >= 0.3 is 0 Å². The summed E-state index contributed by atoms with van der Waals surface area (Å²) in [5.74, 6) is 0.678. The second-order valence-corrected chi connectivity index (χ2v) is 18.5. The van der Waals surface area contributed by atoms with Gasteiger partial charge in [-0.25, -0.2) is 9.98 Å². The Kier molecular flexibility index (Phi) is 8.90. The quantitative estimate of drug-likeness (QED) is 0.170. The van der Waals surface area contributed by atoms with E-state index in [1.807, 2.05) is 0 Å². The van der Waals surface area contributed by atoms with Crippen LogP contribution in [0, 0.1) is 5.92 Å². The Bertz CT molecular complexity index is 4240. The number of aromatic nitrogens is 1. The summed E-state index contributed by atoms with van der Waals surface area (Å²) in [5, 5.41) is 13.9. The Hall–Kier alpha value is -8.86. The first-order valence-electron chi connectivity index (χ1n) is 23.9. The molecule has 1 aliphatic heterocycles. The highest BCUT2D eigenvalue weighted by Crippen LogP contribution is 2.43. The molecule has 0 saturated carbocycles. The van der Waals surface area contributed by atoms with Gasteiger partial charge < -0.3 is 8.98 Å². The molecule has 0 fully saturated rings. The van der Waals surface area contributed by atoms with E-state index in [1.54, 1.807) is 0 Å². The fourth-order valence-corrected chi connectivity index (χ4v) is 10.9. The van der Waals surface area contributed by atoms with Crippen LogP contribution in [0.25, 0.3) is 109 Å². The smallest absolute Gasteiger partial charge is 0.160 e. The summed E-state index contributed by atoms with van der Waals surface area (Å²) in [5.41, 5.74) is 12.3. The lowest BCUT2D eigenvalue weighted by Crippen LogP contribution is -2.18. The summed E-state index contributed by atoms with van der Waals surface area (Å²) in [6, 6.07) is 78.7. The molecular formula is C65H43N3O. The van der Waals surface area contributed by atoms with Crippen molar-refractivity contribution in [1.82, 2.24) is 4.57 Å². The SMILES string of the molecule is CC1C/C=C(\c2ccc(-c3ccccc3)cc2)N=C(c2cccc3ccccc23)N=C1c1cc(-n2c3cc4ccccc4cc3c3cc4ccccc4cc32)cc2oc3c4ccccc4ccc3c12. The average Bonchev–Trinajstić information content (AvgIpc) is 3.93. The molecule has 0 saturated heterocycles. The third-order valence-electron chi connectivity index (χ3n) is 14.4. The molecule has 1 aliphatic rings. The number of hydrogen-bond acceptors (Lipinski definition) is 3. The number of allylic oxidation sites excluding steroid dienone is 1. The Morgan fingerprint density at radius 3 is 1.70 bits per heavy atom. The number of aliphatic imine (C=N–C) groups is 2. The molecule has 0 amide bonds. The summed E-state index contributed by atoms with van der Waals surface area (Å²) in [7, 11) is 0. The van der Waals surface area contributed by atoms with Gasteiger partial charge in [-0.15, -0.1) is 0 Å². The number of hydrogen-bond donors (Lipinski definition) is 0. The lowest BCUT2D eigenvalue weighted by Gasteiger charge is -2.21. The van der Waals surface area contributed by atoms with Crippen molar-refractivity contribution in [3.63, 3.8) is 0 Å². The molecule has 3 heterocycles. The van der Waals surface area contributed by atoms with Gasteiger partial charge in [-0.05, 0) is 97.2 Å². The molecule has 1 atom stereocenters. The summed E-state index contributed by atoms with van der Waals surface area (Å²) in [4.78, 5) is 11.4.